The molecule has 0 spiro atoms. The molecule has 0 radical (unpaired) electrons. The summed E-state index contributed by atoms with van der Waals surface area (Å²) in [5.41, 5.74) is 10.5. The Bertz CT molecular complexity index is 7190. The molecule has 0 atom stereocenters. The minimum absolute atomic E-state index is 0. The highest BCUT2D eigenvalue weighted by Crippen LogP contribution is 2.54. The van der Waals surface area contributed by atoms with Gasteiger partial charge in [0.25, 0.3) is 0 Å². The second-order valence-electron chi connectivity index (χ2n) is 32.7. The molecular formula is C122H97Cl5O4P6S2. The number of halogens is 5. The molecule has 17 heteroatoms. The lowest BCUT2D eigenvalue weighted by Crippen LogP contribution is -2.26. The molecule has 0 N–H and O–H groups in total. The van der Waals surface area contributed by atoms with Crippen molar-refractivity contribution < 1.29 is 18.3 Å². The smallest absolute Gasteiger partial charge is 0.146 e. The molecule has 0 fully saturated rings. The van der Waals surface area contributed by atoms with Crippen molar-refractivity contribution in [1.29, 1.82) is 0 Å². The Labute approximate surface area is 857 Å². The number of furan rings is 2. The van der Waals surface area contributed by atoms with Crippen LogP contribution in [0.1, 0.15) is 19.5 Å². The molecule has 18 aromatic carbocycles. The third kappa shape index (κ3) is 20.4. The fourth-order valence-electron chi connectivity index (χ4n) is 18.7. The van der Waals surface area contributed by atoms with Crippen LogP contribution >= 0.6 is 131 Å². The number of rotatable bonds is 23. The Kier molecular flexibility index (Phi) is 32.7. The van der Waals surface area contributed by atoms with Gasteiger partial charge in [-0.3, -0.25) is 0 Å². The van der Waals surface area contributed by atoms with Crippen LogP contribution in [0.5, 0.6) is 11.5 Å². The number of ether oxygens (including phenoxy) is 2. The molecule has 4 nitrogen and oxygen atoms in total. The molecule has 0 amide bonds. The fourth-order valence-corrected chi connectivity index (χ4v) is 37.0. The number of thiophene rings is 2. The van der Waals surface area contributed by atoms with Gasteiger partial charge in [0.05, 0.1) is 24.3 Å². The molecule has 0 saturated carbocycles. The normalized spacial score (nSPS) is 11.2. The van der Waals surface area contributed by atoms with Gasteiger partial charge in [0, 0.05) is 85.0 Å². The maximum atomic E-state index is 7.05. The summed E-state index contributed by atoms with van der Waals surface area (Å²) in [7, 11) is -2.13. The zero-order valence-electron chi connectivity index (χ0n) is 77.0. The summed E-state index contributed by atoms with van der Waals surface area (Å²) >= 11 is 17.9. The zero-order valence-corrected chi connectivity index (χ0v) is 88.0. The van der Waals surface area contributed by atoms with E-state index in [4.69, 9.17) is 41.5 Å². The quantitative estimate of drug-likeness (QED) is 0.0599. The van der Waals surface area contributed by atoms with Crippen LogP contribution in [0.25, 0.3) is 77.3 Å². The van der Waals surface area contributed by atoms with Crippen LogP contribution in [-0.2, 0) is 0 Å². The van der Waals surface area contributed by atoms with Crippen LogP contribution in [0.3, 0.4) is 0 Å². The van der Waals surface area contributed by atoms with Crippen molar-refractivity contribution in [2.45, 2.75) is 27.7 Å². The summed E-state index contributed by atoms with van der Waals surface area (Å²) in [6, 6.07) is 165. The first kappa shape index (κ1) is 99.2. The summed E-state index contributed by atoms with van der Waals surface area (Å²) in [5, 5.41) is 28.9. The monoisotopic (exact) mass is 2050 g/mol. The molecule has 4 heterocycles. The van der Waals surface area contributed by atoms with Crippen LogP contribution in [0.4, 0.5) is 0 Å². The predicted octanol–water partition coefficient (Wildman–Crippen LogP) is 28.4. The molecule has 0 aliphatic heterocycles. The van der Waals surface area contributed by atoms with Gasteiger partial charge in [-0.15, -0.1) is 59.9 Å². The Morgan fingerprint density at radius 3 is 0.619 bits per heavy atom. The van der Waals surface area contributed by atoms with Crippen molar-refractivity contribution in [3.05, 3.63) is 491 Å². The lowest BCUT2D eigenvalue weighted by atomic mass is 9.99. The van der Waals surface area contributed by atoms with E-state index < -0.39 is 47.5 Å². The van der Waals surface area contributed by atoms with E-state index >= 15 is 0 Å². The van der Waals surface area contributed by atoms with Crippen molar-refractivity contribution in [2.75, 3.05) is 14.2 Å². The molecule has 0 aliphatic rings. The first-order valence-electron chi connectivity index (χ1n) is 45.2. The number of fused-ring (bicyclic) bond motifs is 6. The van der Waals surface area contributed by atoms with Gasteiger partial charge in [-0.05, 0) is 196 Å². The van der Waals surface area contributed by atoms with E-state index in [-0.39, 0.29) is 37.2 Å². The third-order valence-corrected chi connectivity index (χ3v) is 42.6. The van der Waals surface area contributed by atoms with Gasteiger partial charge >= 0.3 is 0 Å². The summed E-state index contributed by atoms with van der Waals surface area (Å²) in [5.74, 6) is 1.20. The second-order valence-corrected chi connectivity index (χ2v) is 49.4. The van der Waals surface area contributed by atoms with Crippen molar-refractivity contribution >= 4 is 270 Å². The van der Waals surface area contributed by atoms with Gasteiger partial charge in [-0.1, -0.05) is 448 Å². The average Bonchev–Trinajstić information content (AvgIpc) is 1.59. The standard InChI is InChI=1S/C48H32O2P2.C38H30Cl2O2P2.C36H32P2S2.3ClH/c1-5-17-33(18-6-1)51(34-19-7-2-8-20-34)43-31-29-39-37-25-13-15-27-41(37)49-47(39)45(43)46-44(32-30-40-38-26-14-16-28-42(38)50-48(40)46)52(35-21-9-3-10-22-35)36-23-11-4-12-24-36;1-41-37-31(39)23-25-33(43(27-15-7-3-8-16-27)28-17-9-4-10-18-28)35(37)36-34(26-24-32(40)38(36)42-2)44(29-19-11-5-12-20-29)30-21-13-6-14-22-30;1-25-33(35(27(3)39-25)37(29-17-9-5-10-18-29)30-19-11-6-12-20-30)34-26(2)40-28(4)36(34)38(31-21-13-7-14-22-31)32-23-15-8-16-24-32;;;/h1-32H;3-26H,1-2H3;5-24H,1-4H3;3*1H. The number of hydrogen-bond acceptors (Lipinski definition) is 6. The summed E-state index contributed by atoms with van der Waals surface area (Å²) < 4.78 is 26.4. The molecule has 4 aromatic heterocycles. The molecule has 0 saturated heterocycles. The first-order valence-corrected chi connectivity index (χ1v) is 55.7. The highest BCUT2D eigenvalue weighted by Gasteiger charge is 2.37. The van der Waals surface area contributed by atoms with Crippen LogP contribution in [-0.4, -0.2) is 14.2 Å². The van der Waals surface area contributed by atoms with Gasteiger partial charge in [0.2, 0.25) is 0 Å². The number of para-hydroxylation sites is 2. The van der Waals surface area contributed by atoms with Gasteiger partial charge in [-0.2, -0.15) is 0 Å². The number of benzene rings is 18. The molecule has 22 rings (SSSR count). The lowest BCUT2D eigenvalue weighted by Gasteiger charge is -2.29. The van der Waals surface area contributed by atoms with Gasteiger partial charge in [-0.25, -0.2) is 0 Å². The number of aryl methyl sites for hydroxylation is 4. The minimum atomic E-state index is -1.02. The van der Waals surface area contributed by atoms with E-state index in [0.717, 1.165) is 76.7 Å². The highest BCUT2D eigenvalue weighted by atomic mass is 35.5. The Morgan fingerprint density at radius 1 is 0.201 bits per heavy atom. The summed E-state index contributed by atoms with van der Waals surface area (Å²) in [6.45, 7) is 9.35. The predicted molar refractivity (Wildman–Crippen MR) is 622 cm³/mol. The van der Waals surface area contributed by atoms with E-state index in [0.29, 0.717) is 21.5 Å². The lowest BCUT2D eigenvalue weighted by molar-refractivity contribution is 0.411. The van der Waals surface area contributed by atoms with Crippen LogP contribution < -0.4 is 105 Å². The fraction of sp³-hybridized carbons (Fsp3) is 0.0492. The summed E-state index contributed by atoms with van der Waals surface area (Å²) in [4.78, 5) is 5.71. The Morgan fingerprint density at radius 2 is 0.396 bits per heavy atom. The van der Waals surface area contributed by atoms with Crippen molar-refractivity contribution in [2.24, 2.45) is 0 Å². The van der Waals surface area contributed by atoms with Gasteiger partial charge in [0.15, 0.2) is 0 Å². The largest absolute Gasteiger partial charge is 0.495 e. The Balaban J connectivity index is 0.000000144. The SMILES string of the molecule is COc1c(Cl)ccc(P(c2ccccc2)c2ccccc2)c1-c1c(P(c2ccccc2)c2ccccc2)ccc(Cl)c1OC.Cc1sc(C)c(P(c2ccccc2)c2ccccc2)c1-c1c(C)sc(C)c1P(c1ccccc1)c1ccccc1.Cl.Cl.Cl.c1ccc(P(c2ccccc2)c2ccc3c(oc4ccccc43)c2-c2c(P(c3ccccc3)c3ccccc3)ccc3c2oc2ccccc23)cc1. The van der Waals surface area contributed by atoms with E-state index in [9.17, 15) is 0 Å². The Hall–Kier alpha value is -11.4. The molecule has 22 aromatic rings. The van der Waals surface area contributed by atoms with E-state index in [1.54, 1.807) is 14.2 Å². The van der Waals surface area contributed by atoms with Crippen molar-refractivity contribution in [3.63, 3.8) is 0 Å². The number of hydrogen-bond donors (Lipinski definition) is 0. The topological polar surface area (TPSA) is 44.7 Å². The van der Waals surface area contributed by atoms with Crippen LogP contribution in [0, 0.1) is 27.7 Å². The molecule has 686 valence electrons. The van der Waals surface area contributed by atoms with E-state index in [2.05, 4.69) is 477 Å². The van der Waals surface area contributed by atoms with Gasteiger partial charge < -0.3 is 18.3 Å². The minimum Gasteiger partial charge on any atom is -0.495 e. The molecule has 0 aliphatic carbocycles. The molecule has 139 heavy (non-hydrogen) atoms. The van der Waals surface area contributed by atoms with E-state index in [1.165, 1.54) is 116 Å². The molecule has 0 unspecified atom stereocenters. The maximum Gasteiger partial charge on any atom is 0.146 e. The second kappa shape index (κ2) is 45.9. The van der Waals surface area contributed by atoms with Crippen molar-refractivity contribution in [1.82, 2.24) is 0 Å². The van der Waals surface area contributed by atoms with E-state index in [1.807, 2.05) is 34.8 Å². The van der Waals surface area contributed by atoms with Crippen molar-refractivity contribution in [3.8, 4) is 44.9 Å². The van der Waals surface area contributed by atoms with Crippen LogP contribution in [0.2, 0.25) is 10.0 Å². The maximum absolute atomic E-state index is 7.05. The van der Waals surface area contributed by atoms with Crippen LogP contribution in [0.15, 0.2) is 470 Å². The molecular weight excluding hydrogens is 1960 g/mol. The summed E-state index contributed by atoms with van der Waals surface area (Å²) in [6.07, 6.45) is 0. The molecule has 0 bridgehead atoms. The third-order valence-electron chi connectivity index (χ3n) is 24.4. The number of methoxy groups -OCH3 is 2. The highest BCUT2D eigenvalue weighted by molar-refractivity contribution is 7.83. The average molecular weight is 2050 g/mol. The zero-order chi connectivity index (χ0) is 92.5. The first-order chi connectivity index (χ1) is 67.0. The van der Waals surface area contributed by atoms with Gasteiger partial charge in [0.1, 0.15) is 33.8 Å².